The molecule has 3 amide bonds. The highest BCUT2D eigenvalue weighted by Gasteiger charge is 2.50. The van der Waals surface area contributed by atoms with Crippen LogP contribution in [0.3, 0.4) is 0 Å². The van der Waals surface area contributed by atoms with Crippen LogP contribution in [0.2, 0.25) is 0 Å². The summed E-state index contributed by atoms with van der Waals surface area (Å²) in [6, 6.07) is 13.9. The molecule has 2 aromatic carbocycles. The Bertz CT molecular complexity index is 1570. The van der Waals surface area contributed by atoms with E-state index in [2.05, 4.69) is 20.3 Å². The first-order valence-electron chi connectivity index (χ1n) is 13.2. The highest BCUT2D eigenvalue weighted by molar-refractivity contribution is 6.01. The number of nitrogens with zero attached hydrogens (tertiary/aromatic N) is 3. The first-order valence-corrected chi connectivity index (χ1v) is 13.2. The van der Waals surface area contributed by atoms with E-state index in [1.165, 1.54) is 0 Å². The molecule has 2 fully saturated rings. The minimum absolute atomic E-state index is 0.0836. The molecule has 2 bridgehead atoms. The molecule has 39 heavy (non-hydrogen) atoms. The second-order valence-corrected chi connectivity index (χ2v) is 11.5. The summed E-state index contributed by atoms with van der Waals surface area (Å²) in [5.41, 5.74) is 2.24. The van der Waals surface area contributed by atoms with Gasteiger partial charge in [0, 0.05) is 24.0 Å². The number of carbonyl (C=O) groups excluding carboxylic acids is 3. The number of aromatic amines is 2. The number of carbonyl (C=O) groups is 3. The fourth-order valence-corrected chi connectivity index (χ4v) is 5.76. The van der Waals surface area contributed by atoms with Crippen molar-refractivity contribution < 1.29 is 19.1 Å². The van der Waals surface area contributed by atoms with Gasteiger partial charge in [-0.1, -0.05) is 32.9 Å². The topological polar surface area (TPSA) is 123 Å². The molecular weight excluding hydrogens is 496 g/mol. The molecule has 0 aliphatic carbocycles. The van der Waals surface area contributed by atoms with Gasteiger partial charge in [0.05, 0.1) is 30.2 Å². The molecule has 4 heterocycles. The predicted octanol–water partition coefficient (Wildman–Crippen LogP) is 3.32. The number of para-hydroxylation sites is 2. The van der Waals surface area contributed by atoms with Crippen molar-refractivity contribution in [1.82, 2.24) is 30.1 Å². The van der Waals surface area contributed by atoms with E-state index in [4.69, 9.17) is 4.74 Å². The lowest BCUT2D eigenvalue weighted by atomic mass is 9.85. The largest absolute Gasteiger partial charge is 0.497 e. The number of likely N-dealkylation sites (tertiary alicyclic amines) is 2. The number of nitrogens with one attached hydrogen (secondary N) is 3. The molecule has 2 aliphatic rings. The van der Waals surface area contributed by atoms with Crippen molar-refractivity contribution in [3.05, 3.63) is 60.0 Å². The number of fused-ring (bicyclic) bond motifs is 4. The van der Waals surface area contributed by atoms with Crippen LogP contribution in [0.15, 0.2) is 48.5 Å². The van der Waals surface area contributed by atoms with Crippen molar-refractivity contribution in [3.8, 4) is 5.75 Å². The summed E-state index contributed by atoms with van der Waals surface area (Å²) in [5.74, 6) is 0.397. The molecule has 10 heteroatoms. The van der Waals surface area contributed by atoms with E-state index in [9.17, 15) is 14.4 Å². The van der Waals surface area contributed by atoms with Gasteiger partial charge in [0.1, 0.15) is 17.5 Å². The summed E-state index contributed by atoms with van der Waals surface area (Å²) in [5, 5.41) is 3.84. The number of hydrogen-bond acceptors (Lipinski definition) is 5. The molecule has 0 saturated carbocycles. The number of methoxy groups -OCH3 is 1. The highest BCUT2D eigenvalue weighted by Crippen LogP contribution is 2.34. The minimum atomic E-state index is -0.732. The molecular formula is C29H32N6O4. The normalized spacial score (nSPS) is 19.6. The Labute approximate surface area is 225 Å². The van der Waals surface area contributed by atoms with Gasteiger partial charge in [-0.25, -0.2) is 4.98 Å². The van der Waals surface area contributed by atoms with Gasteiger partial charge in [-0.3, -0.25) is 14.4 Å². The van der Waals surface area contributed by atoms with Crippen LogP contribution in [0.4, 0.5) is 0 Å². The minimum Gasteiger partial charge on any atom is -0.497 e. The number of amides is 3. The maximum absolute atomic E-state index is 13.8. The monoisotopic (exact) mass is 528 g/mol. The number of ether oxygens (including phenoxy) is 1. The summed E-state index contributed by atoms with van der Waals surface area (Å²) < 4.78 is 5.28. The Kier molecular flexibility index (Phi) is 5.85. The molecule has 3 N–H and O–H groups in total. The lowest BCUT2D eigenvalue weighted by Gasteiger charge is -2.39. The Hall–Kier alpha value is -4.34. The van der Waals surface area contributed by atoms with Crippen LogP contribution in [0.25, 0.3) is 21.9 Å². The third kappa shape index (κ3) is 4.39. The van der Waals surface area contributed by atoms with E-state index in [1.807, 2.05) is 73.0 Å². The van der Waals surface area contributed by atoms with Crippen molar-refractivity contribution >= 4 is 39.7 Å². The Morgan fingerprint density at radius 1 is 1.00 bits per heavy atom. The van der Waals surface area contributed by atoms with E-state index in [-0.39, 0.29) is 29.8 Å². The summed E-state index contributed by atoms with van der Waals surface area (Å²) in [7, 11) is 1.60. The zero-order valence-electron chi connectivity index (χ0n) is 22.4. The van der Waals surface area contributed by atoms with Crippen LogP contribution in [0, 0.1) is 5.41 Å². The van der Waals surface area contributed by atoms with Gasteiger partial charge in [0.2, 0.25) is 5.91 Å². The van der Waals surface area contributed by atoms with Gasteiger partial charge in [0.15, 0.2) is 5.82 Å². The van der Waals surface area contributed by atoms with Crippen LogP contribution < -0.4 is 10.1 Å². The van der Waals surface area contributed by atoms with Crippen molar-refractivity contribution in [2.24, 2.45) is 5.41 Å². The highest BCUT2D eigenvalue weighted by atomic mass is 16.5. The maximum Gasteiger partial charge on any atom is 0.290 e. The smallest absolute Gasteiger partial charge is 0.290 e. The van der Waals surface area contributed by atoms with E-state index >= 15 is 0 Å². The van der Waals surface area contributed by atoms with Gasteiger partial charge in [0.25, 0.3) is 11.8 Å². The lowest BCUT2D eigenvalue weighted by Crippen LogP contribution is -2.59. The van der Waals surface area contributed by atoms with E-state index < -0.39 is 11.5 Å². The van der Waals surface area contributed by atoms with Gasteiger partial charge in [-0.2, -0.15) is 0 Å². The molecule has 202 valence electrons. The zero-order chi connectivity index (χ0) is 27.5. The van der Waals surface area contributed by atoms with Crippen LogP contribution in [0.5, 0.6) is 5.75 Å². The third-order valence-corrected chi connectivity index (χ3v) is 7.84. The molecule has 4 aromatic rings. The van der Waals surface area contributed by atoms with Crippen LogP contribution >= 0.6 is 0 Å². The number of hydrogen-bond donors (Lipinski definition) is 3. The second kappa shape index (κ2) is 9.14. The SMILES string of the molecule is COc1ccc2[nH]c(C(=O)N[C@H](C(=O)N3C[C@@H]4CC3CN4C(=O)c3nc4ccccc4[nH]3)C(C)(C)C)cc2c1. The molecule has 3 atom stereocenters. The standard InChI is InChI=1S/C29H32N6O4/c1-29(2,3)24(33-26(36)23-12-16-11-19(39-4)9-10-20(16)30-23)27(37)34-14-18-13-17(34)15-35(18)28(38)25-31-21-7-5-6-8-22(21)32-25/h5-12,17-18,24,30H,13-15H2,1-4H3,(H,31,32)(H,33,36)/t17?,18-,24+/m0/s1. The Morgan fingerprint density at radius 3 is 2.44 bits per heavy atom. The summed E-state index contributed by atoms with van der Waals surface area (Å²) >= 11 is 0. The Balaban J connectivity index is 1.16. The number of aromatic nitrogens is 3. The van der Waals surface area contributed by atoms with Crippen molar-refractivity contribution in [3.63, 3.8) is 0 Å². The van der Waals surface area contributed by atoms with Gasteiger partial charge in [-0.05, 0) is 48.2 Å². The number of imidazole rings is 1. The quantitative estimate of drug-likeness (QED) is 0.367. The third-order valence-electron chi connectivity index (χ3n) is 7.84. The molecule has 2 aliphatic heterocycles. The second-order valence-electron chi connectivity index (χ2n) is 11.5. The number of piperazine rings is 1. The van der Waals surface area contributed by atoms with Crippen molar-refractivity contribution in [1.29, 1.82) is 0 Å². The van der Waals surface area contributed by atoms with Crippen LogP contribution in [-0.4, -0.2) is 80.8 Å². The number of rotatable bonds is 5. The number of H-pyrrole nitrogens is 2. The maximum atomic E-state index is 13.8. The molecule has 0 spiro atoms. The number of benzene rings is 2. The van der Waals surface area contributed by atoms with Gasteiger partial charge in [-0.15, -0.1) is 0 Å². The summed E-state index contributed by atoms with van der Waals surface area (Å²) in [6.07, 6.45) is 0.715. The predicted molar refractivity (Wildman–Crippen MR) is 147 cm³/mol. The van der Waals surface area contributed by atoms with Crippen LogP contribution in [0.1, 0.15) is 48.3 Å². The molecule has 1 unspecified atom stereocenters. The van der Waals surface area contributed by atoms with E-state index in [1.54, 1.807) is 13.2 Å². The summed E-state index contributed by atoms with van der Waals surface area (Å²) in [6.45, 7) is 6.71. The van der Waals surface area contributed by atoms with Gasteiger partial charge < -0.3 is 29.8 Å². The van der Waals surface area contributed by atoms with E-state index in [0.717, 1.165) is 21.9 Å². The molecule has 10 nitrogen and oxygen atoms in total. The summed E-state index contributed by atoms with van der Waals surface area (Å²) in [4.78, 5) is 54.7. The molecule has 6 rings (SSSR count). The van der Waals surface area contributed by atoms with Crippen molar-refractivity contribution in [2.45, 2.75) is 45.3 Å². The lowest BCUT2D eigenvalue weighted by molar-refractivity contribution is -0.138. The first kappa shape index (κ1) is 25.0. The fraction of sp³-hybridized carbons (Fsp3) is 0.379. The van der Waals surface area contributed by atoms with Crippen molar-refractivity contribution in [2.75, 3.05) is 20.2 Å². The Morgan fingerprint density at radius 2 is 1.74 bits per heavy atom. The molecule has 0 radical (unpaired) electrons. The zero-order valence-corrected chi connectivity index (χ0v) is 22.4. The van der Waals surface area contributed by atoms with Gasteiger partial charge >= 0.3 is 0 Å². The average Bonchev–Trinajstić information content (AvgIpc) is 3.71. The first-order chi connectivity index (χ1) is 18.6. The van der Waals surface area contributed by atoms with E-state index in [0.29, 0.717) is 36.8 Å². The molecule has 2 aromatic heterocycles. The molecule has 2 saturated heterocycles. The fourth-order valence-electron chi connectivity index (χ4n) is 5.76. The average molecular weight is 529 g/mol. The van der Waals surface area contributed by atoms with Crippen LogP contribution in [-0.2, 0) is 4.79 Å².